The maximum atomic E-state index is 12.1. The number of Topliss-reactive ketones (excluding diaryl/α,β-unsaturated/α-hetero) is 1. The minimum atomic E-state index is -0.246. The SMILES string of the molecule is O=C(COC(=O)C1CCCCC1)c1ccc2c(c1)OCO2. The van der Waals surface area contributed by atoms with Crippen molar-refractivity contribution >= 4 is 11.8 Å². The Balaban J connectivity index is 1.55. The predicted molar refractivity (Wildman–Crippen MR) is 74.4 cm³/mol. The van der Waals surface area contributed by atoms with Crippen LogP contribution in [-0.2, 0) is 9.53 Å². The zero-order chi connectivity index (χ0) is 14.7. The van der Waals surface area contributed by atoms with Crippen LogP contribution in [0.1, 0.15) is 42.5 Å². The van der Waals surface area contributed by atoms with E-state index in [1.807, 2.05) is 0 Å². The third-order valence-corrected chi connectivity index (χ3v) is 3.98. The Hall–Kier alpha value is -2.04. The smallest absolute Gasteiger partial charge is 0.309 e. The van der Waals surface area contributed by atoms with Gasteiger partial charge in [0.25, 0.3) is 0 Å². The van der Waals surface area contributed by atoms with Gasteiger partial charge in [0, 0.05) is 5.56 Å². The van der Waals surface area contributed by atoms with Gasteiger partial charge in [-0.3, -0.25) is 9.59 Å². The van der Waals surface area contributed by atoms with Crippen LogP contribution in [0.4, 0.5) is 0 Å². The van der Waals surface area contributed by atoms with Crippen LogP contribution in [0.5, 0.6) is 11.5 Å². The van der Waals surface area contributed by atoms with Crippen LogP contribution in [0.3, 0.4) is 0 Å². The molecule has 0 radical (unpaired) electrons. The molecule has 0 atom stereocenters. The second-order valence-corrected chi connectivity index (χ2v) is 5.43. The van der Waals surface area contributed by atoms with Gasteiger partial charge >= 0.3 is 5.97 Å². The number of esters is 1. The molecule has 1 aromatic rings. The molecular weight excluding hydrogens is 272 g/mol. The van der Waals surface area contributed by atoms with Crippen LogP contribution >= 0.6 is 0 Å². The van der Waals surface area contributed by atoms with Crippen molar-refractivity contribution in [2.24, 2.45) is 5.92 Å². The van der Waals surface area contributed by atoms with Gasteiger partial charge in [0.05, 0.1) is 5.92 Å². The summed E-state index contributed by atoms with van der Waals surface area (Å²) in [5.74, 6) is 0.676. The first-order valence-electron chi connectivity index (χ1n) is 7.33. The molecule has 0 spiro atoms. The molecule has 1 saturated carbocycles. The molecule has 5 heteroatoms. The van der Waals surface area contributed by atoms with Crippen molar-refractivity contribution in [1.82, 2.24) is 0 Å². The number of carbonyl (C=O) groups is 2. The second-order valence-electron chi connectivity index (χ2n) is 5.43. The molecule has 112 valence electrons. The molecule has 1 aromatic carbocycles. The summed E-state index contributed by atoms with van der Waals surface area (Å²) in [7, 11) is 0. The van der Waals surface area contributed by atoms with Crippen LogP contribution in [0.25, 0.3) is 0 Å². The molecule has 1 fully saturated rings. The number of ether oxygens (including phenoxy) is 3. The van der Waals surface area contributed by atoms with Crippen LogP contribution in [0, 0.1) is 5.92 Å². The summed E-state index contributed by atoms with van der Waals surface area (Å²) in [6.07, 6.45) is 5.06. The molecule has 2 aliphatic rings. The predicted octanol–water partition coefficient (Wildman–Crippen LogP) is 2.72. The molecule has 1 heterocycles. The molecule has 1 aliphatic carbocycles. The average Bonchev–Trinajstić information content (AvgIpc) is 3.00. The topological polar surface area (TPSA) is 61.8 Å². The average molecular weight is 290 g/mol. The Bertz CT molecular complexity index is 546. The monoisotopic (exact) mass is 290 g/mol. The fourth-order valence-electron chi connectivity index (χ4n) is 2.75. The summed E-state index contributed by atoms with van der Waals surface area (Å²) < 4.78 is 15.6. The van der Waals surface area contributed by atoms with Gasteiger partial charge in [-0.25, -0.2) is 0 Å². The number of ketones is 1. The van der Waals surface area contributed by atoms with Gasteiger partial charge in [0.1, 0.15) is 0 Å². The van der Waals surface area contributed by atoms with Crippen molar-refractivity contribution in [3.8, 4) is 11.5 Å². The maximum Gasteiger partial charge on any atom is 0.309 e. The molecular formula is C16H18O5. The van der Waals surface area contributed by atoms with Crippen molar-refractivity contribution < 1.29 is 23.8 Å². The summed E-state index contributed by atoms with van der Waals surface area (Å²) in [5.41, 5.74) is 0.468. The zero-order valence-corrected chi connectivity index (χ0v) is 11.8. The summed E-state index contributed by atoms with van der Waals surface area (Å²) in [6.45, 7) is -0.0430. The fraction of sp³-hybridized carbons (Fsp3) is 0.500. The van der Waals surface area contributed by atoms with Gasteiger partial charge in [-0.2, -0.15) is 0 Å². The lowest BCUT2D eigenvalue weighted by Crippen LogP contribution is -2.23. The van der Waals surface area contributed by atoms with E-state index in [2.05, 4.69) is 0 Å². The minimum absolute atomic E-state index is 0.0386. The Labute approximate surface area is 123 Å². The zero-order valence-electron chi connectivity index (χ0n) is 11.8. The first kappa shape index (κ1) is 13.9. The number of hydrogen-bond acceptors (Lipinski definition) is 5. The highest BCUT2D eigenvalue weighted by Crippen LogP contribution is 2.32. The van der Waals surface area contributed by atoms with Gasteiger partial charge < -0.3 is 14.2 Å². The standard InChI is InChI=1S/C16H18O5/c17-13(9-19-16(18)11-4-2-1-3-5-11)12-6-7-14-15(8-12)21-10-20-14/h6-8,11H,1-5,9-10H2. The van der Waals surface area contributed by atoms with E-state index in [1.54, 1.807) is 18.2 Å². The number of carbonyl (C=O) groups excluding carboxylic acids is 2. The molecule has 0 unspecified atom stereocenters. The van der Waals surface area contributed by atoms with E-state index < -0.39 is 0 Å². The third kappa shape index (κ3) is 3.17. The van der Waals surface area contributed by atoms with Gasteiger partial charge in [-0.05, 0) is 31.0 Å². The largest absolute Gasteiger partial charge is 0.457 e. The maximum absolute atomic E-state index is 12.1. The lowest BCUT2D eigenvalue weighted by Gasteiger charge is -2.19. The van der Waals surface area contributed by atoms with E-state index in [9.17, 15) is 9.59 Å². The Morgan fingerprint density at radius 1 is 1.10 bits per heavy atom. The van der Waals surface area contributed by atoms with Crippen molar-refractivity contribution in [1.29, 1.82) is 0 Å². The van der Waals surface area contributed by atoms with Crippen LogP contribution < -0.4 is 9.47 Å². The van der Waals surface area contributed by atoms with Crippen LogP contribution in [0.15, 0.2) is 18.2 Å². The molecule has 0 N–H and O–H groups in total. The van der Waals surface area contributed by atoms with Crippen molar-refractivity contribution in [2.75, 3.05) is 13.4 Å². The van der Waals surface area contributed by atoms with E-state index in [0.717, 1.165) is 25.7 Å². The number of fused-ring (bicyclic) bond motifs is 1. The Morgan fingerprint density at radius 3 is 2.67 bits per heavy atom. The number of benzene rings is 1. The molecule has 5 nitrogen and oxygen atoms in total. The highest BCUT2D eigenvalue weighted by molar-refractivity contribution is 5.98. The summed E-state index contributed by atoms with van der Waals surface area (Å²) in [4.78, 5) is 24.0. The summed E-state index contributed by atoms with van der Waals surface area (Å²) >= 11 is 0. The quantitative estimate of drug-likeness (QED) is 0.630. The Morgan fingerprint density at radius 2 is 1.86 bits per heavy atom. The van der Waals surface area contributed by atoms with Crippen LogP contribution in [0.2, 0.25) is 0 Å². The lowest BCUT2D eigenvalue weighted by molar-refractivity contribution is -0.148. The van der Waals surface area contributed by atoms with E-state index >= 15 is 0 Å². The summed E-state index contributed by atoms with van der Waals surface area (Å²) in [5, 5.41) is 0. The lowest BCUT2D eigenvalue weighted by atomic mass is 9.89. The first-order valence-corrected chi connectivity index (χ1v) is 7.33. The first-order chi connectivity index (χ1) is 10.2. The van der Waals surface area contributed by atoms with Crippen molar-refractivity contribution in [2.45, 2.75) is 32.1 Å². The normalized spacial score (nSPS) is 17.5. The molecule has 0 aromatic heterocycles. The van der Waals surface area contributed by atoms with E-state index in [0.29, 0.717) is 17.1 Å². The minimum Gasteiger partial charge on any atom is -0.457 e. The van der Waals surface area contributed by atoms with E-state index in [4.69, 9.17) is 14.2 Å². The number of rotatable bonds is 4. The highest BCUT2D eigenvalue weighted by atomic mass is 16.7. The molecule has 0 saturated heterocycles. The van der Waals surface area contributed by atoms with E-state index in [-0.39, 0.29) is 31.1 Å². The van der Waals surface area contributed by atoms with Crippen LogP contribution in [-0.4, -0.2) is 25.2 Å². The van der Waals surface area contributed by atoms with Gasteiger partial charge in [0.2, 0.25) is 6.79 Å². The summed E-state index contributed by atoms with van der Waals surface area (Å²) in [6, 6.07) is 4.97. The van der Waals surface area contributed by atoms with Gasteiger partial charge in [0.15, 0.2) is 23.9 Å². The number of hydrogen-bond donors (Lipinski definition) is 0. The fourth-order valence-corrected chi connectivity index (χ4v) is 2.75. The van der Waals surface area contributed by atoms with E-state index in [1.165, 1.54) is 6.42 Å². The van der Waals surface area contributed by atoms with Crippen molar-refractivity contribution in [3.63, 3.8) is 0 Å². The Kier molecular flexibility index (Phi) is 4.08. The highest BCUT2D eigenvalue weighted by Gasteiger charge is 2.23. The molecule has 0 bridgehead atoms. The van der Waals surface area contributed by atoms with Gasteiger partial charge in [-0.1, -0.05) is 19.3 Å². The second kappa shape index (κ2) is 6.16. The molecule has 0 amide bonds. The van der Waals surface area contributed by atoms with Crippen molar-refractivity contribution in [3.05, 3.63) is 23.8 Å². The third-order valence-electron chi connectivity index (χ3n) is 3.98. The molecule has 1 aliphatic heterocycles. The molecule has 21 heavy (non-hydrogen) atoms. The molecule has 3 rings (SSSR count). The van der Waals surface area contributed by atoms with Gasteiger partial charge in [-0.15, -0.1) is 0 Å².